The van der Waals surface area contributed by atoms with Gasteiger partial charge in [-0.15, -0.1) is 0 Å². The summed E-state index contributed by atoms with van der Waals surface area (Å²) >= 11 is 0. The maximum Gasteiger partial charge on any atom is 0.386 e. The third-order valence-electron chi connectivity index (χ3n) is 3.29. The summed E-state index contributed by atoms with van der Waals surface area (Å²) in [5.74, 6) is -0.532. The number of oxime groups is 1. The zero-order valence-electron chi connectivity index (χ0n) is 12.4. The molecule has 1 aliphatic rings. The Bertz CT molecular complexity index is 747. The minimum absolute atomic E-state index is 0.226. The Kier molecular flexibility index (Phi) is 3.70. The highest BCUT2D eigenvalue weighted by molar-refractivity contribution is 6.70. The van der Waals surface area contributed by atoms with Crippen LogP contribution in [-0.4, -0.2) is 31.5 Å². The molecule has 1 aliphatic heterocycles. The minimum atomic E-state index is -0.532. The summed E-state index contributed by atoms with van der Waals surface area (Å²) in [5, 5.41) is 3.84. The fourth-order valence-electron chi connectivity index (χ4n) is 2.11. The molecule has 0 amide bonds. The number of rotatable bonds is 3. The van der Waals surface area contributed by atoms with Crippen molar-refractivity contribution in [3.8, 4) is 0 Å². The van der Waals surface area contributed by atoms with E-state index in [-0.39, 0.29) is 5.71 Å². The molecule has 0 radical (unpaired) electrons. The van der Waals surface area contributed by atoms with Crippen LogP contribution in [0.2, 0.25) is 0 Å². The Balaban J connectivity index is 1.94. The number of carbonyl (C=O) groups is 1. The van der Waals surface area contributed by atoms with Crippen molar-refractivity contribution in [1.82, 2.24) is 0 Å². The number of hydrogen-bond donors (Lipinski definition) is 0. The molecule has 0 aliphatic carbocycles. The molecule has 0 aromatic heterocycles. The van der Waals surface area contributed by atoms with Crippen molar-refractivity contribution in [1.29, 1.82) is 0 Å². The van der Waals surface area contributed by atoms with Crippen molar-refractivity contribution < 1.29 is 9.63 Å². The minimum Gasteiger partial charge on any atom is -0.378 e. The van der Waals surface area contributed by atoms with Gasteiger partial charge in [-0.1, -0.05) is 35.5 Å². The number of aliphatic imine (C=N–C) groups is 1. The van der Waals surface area contributed by atoms with Crippen LogP contribution in [0.4, 0.5) is 11.4 Å². The van der Waals surface area contributed by atoms with Gasteiger partial charge in [0.25, 0.3) is 0 Å². The predicted octanol–water partition coefficient (Wildman–Crippen LogP) is 2.79. The molecule has 0 N–H and O–H groups in total. The molecule has 2 aromatic rings. The number of carbonyl (C=O) groups excluding carboxylic acids is 1. The van der Waals surface area contributed by atoms with E-state index in [1.54, 1.807) is 0 Å². The highest BCUT2D eigenvalue weighted by Crippen LogP contribution is 2.20. The van der Waals surface area contributed by atoms with Gasteiger partial charge in [0.1, 0.15) is 5.71 Å². The normalized spacial score (nSPS) is 15.6. The fraction of sp³-hybridized carbons (Fsp3) is 0.118. The van der Waals surface area contributed by atoms with E-state index in [0.29, 0.717) is 11.4 Å². The molecule has 0 atom stereocenters. The molecule has 5 heteroatoms. The van der Waals surface area contributed by atoms with Crippen LogP contribution in [-0.2, 0) is 9.63 Å². The lowest BCUT2D eigenvalue weighted by Gasteiger charge is -2.11. The van der Waals surface area contributed by atoms with Crippen LogP contribution in [0.5, 0.6) is 0 Å². The van der Waals surface area contributed by atoms with Crippen molar-refractivity contribution in [3.05, 3.63) is 60.2 Å². The van der Waals surface area contributed by atoms with Crippen molar-refractivity contribution in [2.75, 3.05) is 19.0 Å². The first-order valence-electron chi connectivity index (χ1n) is 6.86. The molecule has 2 aromatic carbocycles. The van der Waals surface area contributed by atoms with Gasteiger partial charge >= 0.3 is 5.97 Å². The third-order valence-corrected chi connectivity index (χ3v) is 3.29. The summed E-state index contributed by atoms with van der Waals surface area (Å²) in [4.78, 5) is 23.0. The number of anilines is 1. The molecule has 0 spiro atoms. The third kappa shape index (κ3) is 2.74. The van der Waals surface area contributed by atoms with Gasteiger partial charge in [0.2, 0.25) is 0 Å². The van der Waals surface area contributed by atoms with E-state index in [1.165, 1.54) is 0 Å². The van der Waals surface area contributed by atoms with E-state index < -0.39 is 5.97 Å². The first-order chi connectivity index (χ1) is 10.6. The predicted molar refractivity (Wildman–Crippen MR) is 86.9 cm³/mol. The van der Waals surface area contributed by atoms with Crippen LogP contribution in [0.15, 0.2) is 64.7 Å². The molecule has 0 bridgehead atoms. The second-order valence-electron chi connectivity index (χ2n) is 5.06. The SMILES string of the molecule is CN(C)c1ccc(N=C2C(=O)ON=C2c2ccccc2)cc1. The van der Waals surface area contributed by atoms with E-state index in [0.717, 1.165) is 11.3 Å². The molecule has 0 saturated heterocycles. The maximum atomic E-state index is 11.9. The summed E-state index contributed by atoms with van der Waals surface area (Å²) in [6.45, 7) is 0. The quantitative estimate of drug-likeness (QED) is 0.818. The first kappa shape index (κ1) is 14.0. The first-order valence-corrected chi connectivity index (χ1v) is 6.86. The van der Waals surface area contributed by atoms with Crippen LogP contribution in [0.1, 0.15) is 5.56 Å². The summed E-state index contributed by atoms with van der Waals surface area (Å²) in [7, 11) is 3.94. The van der Waals surface area contributed by atoms with Gasteiger partial charge in [-0.3, -0.25) is 0 Å². The Morgan fingerprint density at radius 2 is 1.68 bits per heavy atom. The van der Waals surface area contributed by atoms with E-state index in [9.17, 15) is 4.79 Å². The number of nitrogens with zero attached hydrogens (tertiary/aromatic N) is 3. The van der Waals surface area contributed by atoms with E-state index in [4.69, 9.17) is 4.84 Å². The van der Waals surface area contributed by atoms with Crippen molar-refractivity contribution in [2.45, 2.75) is 0 Å². The topological polar surface area (TPSA) is 54.3 Å². The van der Waals surface area contributed by atoms with Crippen LogP contribution in [0, 0.1) is 0 Å². The molecule has 1 heterocycles. The fourth-order valence-corrected chi connectivity index (χ4v) is 2.11. The van der Waals surface area contributed by atoms with Gasteiger partial charge in [-0.2, -0.15) is 0 Å². The van der Waals surface area contributed by atoms with Gasteiger partial charge in [-0.05, 0) is 24.3 Å². The van der Waals surface area contributed by atoms with Gasteiger partial charge in [0.05, 0.1) is 5.69 Å². The highest BCUT2D eigenvalue weighted by atomic mass is 16.7. The smallest absolute Gasteiger partial charge is 0.378 e. The molecular formula is C17H15N3O2. The van der Waals surface area contributed by atoms with Gasteiger partial charge in [-0.25, -0.2) is 9.79 Å². The van der Waals surface area contributed by atoms with Crippen molar-refractivity contribution >= 4 is 28.8 Å². The largest absolute Gasteiger partial charge is 0.386 e. The Hall–Kier alpha value is -2.95. The Morgan fingerprint density at radius 1 is 1.00 bits per heavy atom. The molecule has 0 saturated carbocycles. The van der Waals surface area contributed by atoms with E-state index in [2.05, 4.69) is 10.1 Å². The summed E-state index contributed by atoms with van der Waals surface area (Å²) in [6, 6.07) is 17.0. The maximum absolute atomic E-state index is 11.9. The molecule has 22 heavy (non-hydrogen) atoms. The molecule has 5 nitrogen and oxygen atoms in total. The number of benzene rings is 2. The second kappa shape index (κ2) is 5.81. The number of hydrogen-bond acceptors (Lipinski definition) is 5. The monoisotopic (exact) mass is 293 g/mol. The Morgan fingerprint density at radius 3 is 2.32 bits per heavy atom. The summed E-state index contributed by atoms with van der Waals surface area (Å²) < 4.78 is 0. The lowest BCUT2D eigenvalue weighted by molar-refractivity contribution is -0.134. The van der Waals surface area contributed by atoms with Crippen molar-refractivity contribution in [3.63, 3.8) is 0 Å². The molecule has 0 fully saturated rings. The van der Waals surface area contributed by atoms with Crippen molar-refractivity contribution in [2.24, 2.45) is 10.1 Å². The molecule has 110 valence electrons. The molecule has 0 unspecified atom stereocenters. The van der Waals surface area contributed by atoms with Crippen LogP contribution < -0.4 is 4.90 Å². The standard InChI is InChI=1S/C17H15N3O2/c1-20(2)14-10-8-13(9-11-14)18-16-15(19-22-17(16)21)12-6-4-3-5-7-12/h3-11H,1-2H3. The van der Waals surface area contributed by atoms with Gasteiger partial charge < -0.3 is 9.74 Å². The summed E-state index contributed by atoms with van der Waals surface area (Å²) in [6.07, 6.45) is 0. The van der Waals surface area contributed by atoms with Crippen LogP contribution in [0.3, 0.4) is 0 Å². The highest BCUT2D eigenvalue weighted by Gasteiger charge is 2.28. The lowest BCUT2D eigenvalue weighted by atomic mass is 10.1. The lowest BCUT2D eigenvalue weighted by Crippen LogP contribution is -2.18. The van der Waals surface area contributed by atoms with Gasteiger partial charge in [0, 0.05) is 25.3 Å². The molecule has 3 rings (SSSR count). The average Bonchev–Trinajstić information content (AvgIpc) is 2.90. The summed E-state index contributed by atoms with van der Waals surface area (Å²) in [5.41, 5.74) is 3.24. The van der Waals surface area contributed by atoms with Gasteiger partial charge in [0.15, 0.2) is 5.71 Å². The van der Waals surface area contributed by atoms with E-state index in [1.807, 2.05) is 73.6 Å². The Labute approximate surface area is 128 Å². The average molecular weight is 293 g/mol. The van der Waals surface area contributed by atoms with Crippen LogP contribution >= 0.6 is 0 Å². The second-order valence-corrected chi connectivity index (χ2v) is 5.06. The van der Waals surface area contributed by atoms with E-state index >= 15 is 0 Å². The molecular weight excluding hydrogens is 278 g/mol. The zero-order valence-corrected chi connectivity index (χ0v) is 12.4. The van der Waals surface area contributed by atoms with Crippen LogP contribution in [0.25, 0.3) is 0 Å². The zero-order chi connectivity index (χ0) is 15.5.